The summed E-state index contributed by atoms with van der Waals surface area (Å²) < 4.78 is 13.2. The molecule has 4 aliphatic heterocycles. The Hall–Kier alpha value is -1.56. The standard InChI is InChI=1S/C30H45ClN6O3/c1-3-27(38)37-13-12-36(17-22(37)16-32)28-23-9-10-30(14-20-6-4-8-25(31)24(20)19-40-30)15-26(23)33-29(34-28)39-18-21-7-5-11-35(21)2/h3-4,6,8,21-23,26,28-29,33-34H,1,5,7,9-19,32H2,2H3/t21?,22?,23?,26?,28?,29?,30-/m0/s1. The molecule has 3 saturated heterocycles. The van der Waals surface area contributed by atoms with E-state index in [9.17, 15) is 4.79 Å². The summed E-state index contributed by atoms with van der Waals surface area (Å²) in [7, 11) is 2.19. The first-order valence-corrected chi connectivity index (χ1v) is 15.4. The molecule has 0 radical (unpaired) electrons. The second-order valence-electron chi connectivity index (χ2n) is 12.4. The molecule has 6 unspecified atom stereocenters. The molecule has 9 nitrogen and oxygen atoms in total. The van der Waals surface area contributed by atoms with Crippen LogP contribution in [0, 0.1) is 5.92 Å². The van der Waals surface area contributed by atoms with E-state index in [0.29, 0.717) is 38.3 Å². The zero-order valence-corrected chi connectivity index (χ0v) is 24.5. The van der Waals surface area contributed by atoms with Gasteiger partial charge in [-0.25, -0.2) is 0 Å². The van der Waals surface area contributed by atoms with Crippen LogP contribution < -0.4 is 16.4 Å². The van der Waals surface area contributed by atoms with E-state index in [1.807, 2.05) is 11.0 Å². The van der Waals surface area contributed by atoms with E-state index in [1.54, 1.807) is 0 Å². The first-order valence-electron chi connectivity index (χ1n) is 15.0. The SMILES string of the molecule is C=CC(=O)N1CCN(C2NC(OCC3CCCN3C)NC3C[C@]4(CCC32)Cc2cccc(Cl)c2CO4)CC1CN. The second kappa shape index (κ2) is 12.0. The summed E-state index contributed by atoms with van der Waals surface area (Å²) in [6.07, 6.45) is 7.56. The third-order valence-corrected chi connectivity index (χ3v) is 10.5. The highest BCUT2D eigenvalue weighted by Crippen LogP contribution is 2.45. The van der Waals surface area contributed by atoms with E-state index in [-0.39, 0.29) is 36.1 Å². The van der Waals surface area contributed by atoms with Gasteiger partial charge in [0.1, 0.15) is 0 Å². The summed E-state index contributed by atoms with van der Waals surface area (Å²) in [5.74, 6) is 0.353. The number of piperazine rings is 1. The second-order valence-corrected chi connectivity index (χ2v) is 12.8. The van der Waals surface area contributed by atoms with E-state index < -0.39 is 0 Å². The summed E-state index contributed by atoms with van der Waals surface area (Å²) in [4.78, 5) is 19.3. The number of amides is 1. The summed E-state index contributed by atoms with van der Waals surface area (Å²) in [5, 5.41) is 8.48. The van der Waals surface area contributed by atoms with Crippen molar-refractivity contribution in [1.82, 2.24) is 25.3 Å². The molecule has 0 aromatic heterocycles. The number of carbonyl (C=O) groups excluding carboxylic acids is 1. The van der Waals surface area contributed by atoms with Crippen molar-refractivity contribution in [2.75, 3.05) is 46.4 Å². The number of likely N-dealkylation sites (tertiary alicyclic amines) is 1. The number of ether oxygens (including phenoxy) is 2. The smallest absolute Gasteiger partial charge is 0.246 e. The van der Waals surface area contributed by atoms with E-state index in [1.165, 1.54) is 24.5 Å². The fourth-order valence-electron chi connectivity index (χ4n) is 7.82. The van der Waals surface area contributed by atoms with E-state index in [0.717, 1.165) is 55.9 Å². The number of nitrogens with two attached hydrogens (primary N) is 1. The lowest BCUT2D eigenvalue weighted by molar-refractivity contribution is -0.153. The van der Waals surface area contributed by atoms with Crippen molar-refractivity contribution < 1.29 is 14.3 Å². The van der Waals surface area contributed by atoms with Crippen LogP contribution in [-0.4, -0.2) is 103 Å². The Balaban J connectivity index is 1.20. The maximum Gasteiger partial charge on any atom is 0.246 e. The van der Waals surface area contributed by atoms with Gasteiger partial charge in [-0.05, 0) is 69.0 Å². The largest absolute Gasteiger partial charge is 0.370 e. The highest BCUT2D eigenvalue weighted by atomic mass is 35.5. The number of rotatable bonds is 6. The van der Waals surface area contributed by atoms with Gasteiger partial charge >= 0.3 is 0 Å². The van der Waals surface area contributed by atoms with Crippen molar-refractivity contribution >= 4 is 17.5 Å². The molecule has 1 aromatic rings. The lowest BCUT2D eigenvalue weighted by atomic mass is 9.69. The number of nitrogens with zero attached hydrogens (tertiary/aromatic N) is 3. The number of hydrogen-bond acceptors (Lipinski definition) is 8. The van der Waals surface area contributed by atoms with E-state index in [4.69, 9.17) is 26.8 Å². The lowest BCUT2D eigenvalue weighted by Crippen LogP contribution is -2.73. The Kier molecular flexibility index (Phi) is 8.55. The highest BCUT2D eigenvalue weighted by Gasteiger charge is 2.51. The molecule has 220 valence electrons. The first kappa shape index (κ1) is 28.6. The molecule has 40 heavy (non-hydrogen) atoms. The number of carbonyl (C=O) groups is 1. The third-order valence-electron chi connectivity index (χ3n) is 10.2. The van der Waals surface area contributed by atoms with Crippen LogP contribution in [0.15, 0.2) is 30.9 Å². The van der Waals surface area contributed by atoms with Crippen molar-refractivity contribution in [3.63, 3.8) is 0 Å². The fraction of sp³-hybridized carbons (Fsp3) is 0.700. The van der Waals surface area contributed by atoms with Crippen molar-refractivity contribution in [3.05, 3.63) is 47.0 Å². The number of fused-ring (bicyclic) bond motifs is 2. The Bertz CT molecular complexity index is 1090. The topological polar surface area (TPSA) is 95.3 Å². The van der Waals surface area contributed by atoms with Gasteiger partial charge in [-0.15, -0.1) is 0 Å². The molecule has 10 heteroatoms. The number of benzene rings is 1. The van der Waals surface area contributed by atoms with Crippen molar-refractivity contribution in [1.29, 1.82) is 0 Å². The Labute approximate surface area is 243 Å². The van der Waals surface area contributed by atoms with Crippen LogP contribution in [0.5, 0.6) is 0 Å². The van der Waals surface area contributed by atoms with Gasteiger partial charge in [0, 0.05) is 55.6 Å². The van der Waals surface area contributed by atoms with Crippen LogP contribution in [0.1, 0.15) is 43.2 Å². The number of hydrogen-bond donors (Lipinski definition) is 3. The molecule has 7 atom stereocenters. The summed E-state index contributed by atoms with van der Waals surface area (Å²) in [5.41, 5.74) is 8.42. The zero-order valence-electron chi connectivity index (χ0n) is 23.7. The van der Waals surface area contributed by atoms with E-state index in [2.05, 4.69) is 46.2 Å². The quantitative estimate of drug-likeness (QED) is 0.445. The minimum Gasteiger partial charge on any atom is -0.370 e. The van der Waals surface area contributed by atoms with Gasteiger partial charge in [0.05, 0.1) is 31.0 Å². The molecule has 4 fully saturated rings. The molecule has 6 rings (SSSR count). The molecule has 1 aliphatic carbocycles. The van der Waals surface area contributed by atoms with E-state index >= 15 is 0 Å². The maximum atomic E-state index is 12.5. The van der Waals surface area contributed by atoms with Crippen LogP contribution in [-0.2, 0) is 27.3 Å². The number of nitrogens with one attached hydrogen (secondary N) is 2. The lowest BCUT2D eigenvalue weighted by Gasteiger charge is -2.56. The fourth-order valence-corrected chi connectivity index (χ4v) is 8.07. The summed E-state index contributed by atoms with van der Waals surface area (Å²) >= 11 is 6.50. The van der Waals surface area contributed by atoms with Gasteiger partial charge in [-0.3, -0.25) is 20.3 Å². The Morgan fingerprint density at radius 1 is 1.27 bits per heavy atom. The van der Waals surface area contributed by atoms with Crippen molar-refractivity contribution in [2.24, 2.45) is 11.7 Å². The van der Waals surface area contributed by atoms with Gasteiger partial charge in [0.2, 0.25) is 5.91 Å². The molecule has 1 amide bonds. The summed E-state index contributed by atoms with van der Waals surface area (Å²) in [6, 6.07) is 6.89. The van der Waals surface area contributed by atoms with Crippen LogP contribution in [0.2, 0.25) is 5.02 Å². The molecular weight excluding hydrogens is 528 g/mol. The molecule has 4 heterocycles. The Morgan fingerprint density at radius 2 is 2.15 bits per heavy atom. The molecule has 1 spiro atoms. The van der Waals surface area contributed by atoms with Crippen molar-refractivity contribution in [2.45, 2.75) is 81.4 Å². The molecule has 1 saturated carbocycles. The van der Waals surface area contributed by atoms with Gasteiger partial charge in [0.25, 0.3) is 0 Å². The minimum absolute atomic E-state index is 0.0289. The van der Waals surface area contributed by atoms with Crippen molar-refractivity contribution in [3.8, 4) is 0 Å². The normalized spacial score (nSPS) is 36.8. The van der Waals surface area contributed by atoms with Gasteiger partial charge < -0.3 is 25.0 Å². The minimum atomic E-state index is -0.245. The summed E-state index contributed by atoms with van der Waals surface area (Å²) in [6.45, 7) is 8.71. The Morgan fingerprint density at radius 3 is 2.92 bits per heavy atom. The van der Waals surface area contributed by atoms with Gasteiger partial charge in [-0.2, -0.15) is 0 Å². The highest BCUT2D eigenvalue weighted by molar-refractivity contribution is 6.31. The zero-order chi connectivity index (χ0) is 27.9. The van der Waals surface area contributed by atoms with Gasteiger partial charge in [-0.1, -0.05) is 30.3 Å². The maximum absolute atomic E-state index is 12.5. The number of halogens is 1. The third kappa shape index (κ3) is 5.60. The molecule has 4 N–H and O–H groups in total. The number of likely N-dealkylation sites (N-methyl/N-ethyl adjacent to an activating group) is 1. The van der Waals surface area contributed by atoms with Crippen LogP contribution >= 0.6 is 11.6 Å². The van der Waals surface area contributed by atoms with Crippen LogP contribution in [0.4, 0.5) is 0 Å². The molecular formula is C30H45ClN6O3. The van der Waals surface area contributed by atoms with Gasteiger partial charge in [0.15, 0.2) is 6.35 Å². The van der Waals surface area contributed by atoms with Crippen LogP contribution in [0.3, 0.4) is 0 Å². The molecule has 0 bridgehead atoms. The van der Waals surface area contributed by atoms with Crippen LogP contribution in [0.25, 0.3) is 0 Å². The average Bonchev–Trinajstić information content (AvgIpc) is 3.39. The monoisotopic (exact) mass is 572 g/mol. The predicted octanol–water partition coefficient (Wildman–Crippen LogP) is 1.89. The first-order chi connectivity index (χ1) is 19.4. The molecule has 5 aliphatic rings. The average molecular weight is 573 g/mol. The molecule has 1 aromatic carbocycles. The predicted molar refractivity (Wildman–Crippen MR) is 156 cm³/mol.